The maximum atomic E-state index is 12.5. The highest BCUT2D eigenvalue weighted by Crippen LogP contribution is 2.27. The lowest BCUT2D eigenvalue weighted by atomic mass is 10.3. The number of carbonyl (C=O) groups excluding carboxylic acids is 1. The minimum absolute atomic E-state index is 0.109. The van der Waals surface area contributed by atoms with E-state index in [4.69, 9.17) is 5.11 Å². The first kappa shape index (κ1) is 11.2. The van der Waals surface area contributed by atoms with Crippen molar-refractivity contribution in [2.75, 3.05) is 13.1 Å². The van der Waals surface area contributed by atoms with Crippen LogP contribution in [0.3, 0.4) is 0 Å². The molecule has 0 bridgehead atoms. The number of aliphatic hydroxyl groups is 1. The molecule has 1 amide bonds. The number of carbonyl (C=O) groups is 1. The molecule has 3 nitrogen and oxygen atoms in total. The molecule has 0 radical (unpaired) electrons. The molecule has 0 aliphatic carbocycles. The molecule has 0 spiro atoms. The average molecular weight is 215 g/mol. The Morgan fingerprint density at radius 2 is 2.07 bits per heavy atom. The van der Waals surface area contributed by atoms with Gasteiger partial charge in [-0.25, -0.2) is 8.78 Å². The van der Waals surface area contributed by atoms with Crippen molar-refractivity contribution in [3.05, 3.63) is 0 Å². The second-order valence-corrected chi connectivity index (χ2v) is 3.12. The van der Waals surface area contributed by atoms with E-state index in [0.717, 1.165) is 0 Å². The third kappa shape index (κ3) is 1.97. The molecule has 82 valence electrons. The van der Waals surface area contributed by atoms with Crippen molar-refractivity contribution in [1.82, 2.24) is 4.90 Å². The molecule has 7 heteroatoms. The molecule has 1 atom stereocenters. The molecule has 1 rings (SSSR count). The number of aliphatic hydroxyl groups excluding tert-OH is 1. The maximum absolute atomic E-state index is 12.5. The predicted molar refractivity (Wildman–Crippen MR) is 38.2 cm³/mol. The zero-order valence-electron chi connectivity index (χ0n) is 7.09. The lowest BCUT2D eigenvalue weighted by molar-refractivity contribution is -0.179. The Balaban J connectivity index is 2.65. The van der Waals surface area contributed by atoms with Crippen molar-refractivity contribution in [3.8, 4) is 0 Å². The van der Waals surface area contributed by atoms with Crippen molar-refractivity contribution in [1.29, 1.82) is 0 Å². The molecule has 0 aromatic heterocycles. The molecule has 1 heterocycles. The Morgan fingerprint density at radius 3 is 2.43 bits per heavy atom. The molecule has 1 fully saturated rings. The number of hydrogen-bond donors (Lipinski definition) is 1. The lowest BCUT2D eigenvalue weighted by Gasteiger charge is -2.21. The fourth-order valence-electron chi connectivity index (χ4n) is 1.23. The second kappa shape index (κ2) is 3.72. The number of halogens is 4. The van der Waals surface area contributed by atoms with Gasteiger partial charge in [0.1, 0.15) is 0 Å². The minimum Gasteiger partial charge on any atom is -0.391 e. The Kier molecular flexibility index (Phi) is 2.98. The van der Waals surface area contributed by atoms with E-state index < -0.39 is 24.4 Å². The number of alkyl halides is 4. The molecule has 0 saturated carbocycles. The predicted octanol–water partition coefficient (Wildman–Crippen LogP) is 0.480. The Morgan fingerprint density at radius 1 is 1.50 bits per heavy atom. The molecule has 1 aliphatic heterocycles. The van der Waals surface area contributed by atoms with Gasteiger partial charge in [-0.1, -0.05) is 0 Å². The van der Waals surface area contributed by atoms with Crippen LogP contribution in [0.4, 0.5) is 17.6 Å². The normalized spacial score (nSPS) is 23.3. The van der Waals surface area contributed by atoms with Crippen molar-refractivity contribution >= 4 is 5.91 Å². The Bertz CT molecular complexity index is 234. The van der Waals surface area contributed by atoms with Crippen LogP contribution in [0.25, 0.3) is 0 Å². The highest BCUT2D eigenvalue weighted by Gasteiger charge is 2.52. The topological polar surface area (TPSA) is 40.5 Å². The van der Waals surface area contributed by atoms with Gasteiger partial charge in [-0.3, -0.25) is 4.79 Å². The Hall–Kier alpha value is -0.850. The van der Waals surface area contributed by atoms with Crippen LogP contribution in [0.15, 0.2) is 0 Å². The summed E-state index contributed by atoms with van der Waals surface area (Å²) in [5, 5.41) is 8.93. The summed E-state index contributed by atoms with van der Waals surface area (Å²) in [6.45, 7) is -0.413. The van der Waals surface area contributed by atoms with E-state index in [2.05, 4.69) is 0 Å². The third-order valence-electron chi connectivity index (χ3n) is 2.01. The van der Waals surface area contributed by atoms with E-state index in [1.807, 2.05) is 0 Å². The van der Waals surface area contributed by atoms with Crippen LogP contribution in [0, 0.1) is 0 Å². The van der Waals surface area contributed by atoms with Crippen LogP contribution in [0.5, 0.6) is 0 Å². The number of nitrogens with zero attached hydrogens (tertiary/aromatic N) is 1. The summed E-state index contributed by atoms with van der Waals surface area (Å²) in [6.07, 6.45) is -4.76. The Labute approximate surface area is 77.3 Å². The van der Waals surface area contributed by atoms with E-state index in [0.29, 0.717) is 4.90 Å². The van der Waals surface area contributed by atoms with Gasteiger partial charge in [0.2, 0.25) is 0 Å². The quantitative estimate of drug-likeness (QED) is 0.680. The molecular formula is C7H9F4NO2. The van der Waals surface area contributed by atoms with E-state index in [1.165, 1.54) is 0 Å². The number of rotatable bonds is 2. The fourth-order valence-corrected chi connectivity index (χ4v) is 1.23. The fraction of sp³-hybridized carbons (Fsp3) is 0.857. The van der Waals surface area contributed by atoms with Gasteiger partial charge in [-0.2, -0.15) is 8.78 Å². The molecule has 0 aromatic rings. The van der Waals surface area contributed by atoms with E-state index >= 15 is 0 Å². The summed E-state index contributed by atoms with van der Waals surface area (Å²) in [5.41, 5.74) is 0. The first-order valence-corrected chi connectivity index (χ1v) is 3.99. The summed E-state index contributed by atoms with van der Waals surface area (Å²) >= 11 is 0. The van der Waals surface area contributed by atoms with Crippen LogP contribution in [-0.2, 0) is 4.79 Å². The highest BCUT2D eigenvalue weighted by atomic mass is 19.3. The minimum atomic E-state index is -4.65. The van der Waals surface area contributed by atoms with Gasteiger partial charge in [0.15, 0.2) is 0 Å². The van der Waals surface area contributed by atoms with Crippen molar-refractivity contribution in [2.24, 2.45) is 0 Å². The van der Waals surface area contributed by atoms with Crippen LogP contribution in [-0.4, -0.2) is 47.5 Å². The number of hydrogen-bond acceptors (Lipinski definition) is 2. The van der Waals surface area contributed by atoms with Crippen LogP contribution in [0.2, 0.25) is 0 Å². The van der Waals surface area contributed by atoms with Crippen LogP contribution in [0.1, 0.15) is 6.42 Å². The lowest BCUT2D eigenvalue weighted by Crippen LogP contribution is -2.47. The van der Waals surface area contributed by atoms with Gasteiger partial charge >= 0.3 is 12.3 Å². The SMILES string of the molecule is O=C(N1CC[C@H](O)C1)C(F)(F)C(F)F. The first-order chi connectivity index (χ1) is 6.35. The molecule has 1 saturated heterocycles. The van der Waals surface area contributed by atoms with Crippen molar-refractivity contribution in [2.45, 2.75) is 24.9 Å². The van der Waals surface area contributed by atoms with Gasteiger partial charge in [-0.05, 0) is 6.42 Å². The highest BCUT2D eigenvalue weighted by molar-refractivity contribution is 5.84. The van der Waals surface area contributed by atoms with E-state index in [9.17, 15) is 22.4 Å². The summed E-state index contributed by atoms with van der Waals surface area (Å²) in [4.78, 5) is 11.4. The second-order valence-electron chi connectivity index (χ2n) is 3.12. The number of likely N-dealkylation sites (tertiary alicyclic amines) is 1. The van der Waals surface area contributed by atoms with Crippen LogP contribution >= 0.6 is 0 Å². The third-order valence-corrected chi connectivity index (χ3v) is 2.01. The largest absolute Gasteiger partial charge is 0.391 e. The maximum Gasteiger partial charge on any atom is 0.383 e. The van der Waals surface area contributed by atoms with Crippen molar-refractivity contribution in [3.63, 3.8) is 0 Å². The number of amides is 1. The molecule has 1 N–H and O–H groups in total. The zero-order chi connectivity index (χ0) is 10.9. The molecule has 14 heavy (non-hydrogen) atoms. The van der Waals surface area contributed by atoms with E-state index in [-0.39, 0.29) is 19.5 Å². The van der Waals surface area contributed by atoms with Gasteiger partial charge in [0, 0.05) is 13.1 Å². The summed E-state index contributed by atoms with van der Waals surface area (Å²) in [6, 6.07) is 0. The van der Waals surface area contributed by atoms with Gasteiger partial charge in [0.05, 0.1) is 6.10 Å². The van der Waals surface area contributed by atoms with Crippen LogP contribution < -0.4 is 0 Å². The molecular weight excluding hydrogens is 206 g/mol. The number of β-amino-alcohol motifs (C(OH)–C–C–N with tert-alkyl or cyclic N) is 1. The van der Waals surface area contributed by atoms with Gasteiger partial charge < -0.3 is 10.0 Å². The smallest absolute Gasteiger partial charge is 0.383 e. The summed E-state index contributed by atoms with van der Waals surface area (Å²) in [5.74, 6) is -6.56. The zero-order valence-corrected chi connectivity index (χ0v) is 7.09. The monoisotopic (exact) mass is 215 g/mol. The molecule has 0 aromatic carbocycles. The van der Waals surface area contributed by atoms with Crippen molar-refractivity contribution < 1.29 is 27.5 Å². The standard InChI is InChI=1S/C7H9F4NO2/c8-5(9)7(10,11)6(14)12-2-1-4(13)3-12/h4-5,13H,1-3H2/t4-/m0/s1. The van der Waals surface area contributed by atoms with Gasteiger partial charge in [0.25, 0.3) is 5.91 Å². The molecule has 1 aliphatic rings. The average Bonchev–Trinajstić information content (AvgIpc) is 2.50. The summed E-state index contributed by atoms with van der Waals surface area (Å²) in [7, 11) is 0. The summed E-state index contributed by atoms with van der Waals surface area (Å²) < 4.78 is 48.5. The first-order valence-electron chi connectivity index (χ1n) is 3.99. The molecule has 0 unspecified atom stereocenters. The van der Waals surface area contributed by atoms with E-state index in [1.54, 1.807) is 0 Å². The van der Waals surface area contributed by atoms with Gasteiger partial charge in [-0.15, -0.1) is 0 Å².